The third-order valence-electron chi connectivity index (χ3n) is 3.46. The zero-order valence-corrected chi connectivity index (χ0v) is 11.2. The van der Waals surface area contributed by atoms with Crippen LogP contribution in [0.5, 0.6) is 0 Å². The van der Waals surface area contributed by atoms with E-state index in [4.69, 9.17) is 0 Å². The molecule has 5 heteroatoms. The number of thioether (sulfide) groups is 1. The fourth-order valence-electron chi connectivity index (χ4n) is 2.60. The average molecular weight is 268 g/mol. The summed E-state index contributed by atoms with van der Waals surface area (Å²) in [6.45, 7) is 0.490. The fraction of sp³-hybridized carbons (Fsp3) is 0.583. The lowest BCUT2D eigenvalue weighted by molar-refractivity contribution is -0.130. The summed E-state index contributed by atoms with van der Waals surface area (Å²) in [4.78, 5) is 14.1. The highest BCUT2D eigenvalue weighted by atomic mass is 32.2. The van der Waals surface area contributed by atoms with Gasteiger partial charge in [-0.2, -0.15) is 23.1 Å². The number of carbonyl (C=O) groups excluding carboxylic acids is 1. The zero-order chi connectivity index (χ0) is 11.7. The highest BCUT2D eigenvalue weighted by molar-refractivity contribution is 7.99. The molecule has 1 aromatic rings. The van der Waals surface area contributed by atoms with Gasteiger partial charge < -0.3 is 4.90 Å². The van der Waals surface area contributed by atoms with Crippen molar-refractivity contribution in [1.82, 2.24) is 10.2 Å². The van der Waals surface area contributed by atoms with E-state index in [1.54, 1.807) is 11.3 Å². The second-order valence-electron chi connectivity index (χ2n) is 4.48. The van der Waals surface area contributed by atoms with Crippen molar-refractivity contribution in [2.45, 2.75) is 25.0 Å². The van der Waals surface area contributed by atoms with E-state index in [0.29, 0.717) is 12.6 Å². The first kappa shape index (κ1) is 11.6. The number of hydrogen-bond donors (Lipinski definition) is 1. The average Bonchev–Trinajstić information content (AvgIpc) is 2.98. The van der Waals surface area contributed by atoms with Crippen molar-refractivity contribution in [3.05, 3.63) is 22.4 Å². The molecule has 3 nitrogen and oxygen atoms in total. The second kappa shape index (κ2) is 5.00. The minimum atomic E-state index is 0.113. The third kappa shape index (κ3) is 2.23. The molecule has 1 unspecified atom stereocenters. The molecule has 2 fully saturated rings. The van der Waals surface area contributed by atoms with Crippen LogP contribution in [0, 0.1) is 0 Å². The molecule has 0 saturated carbocycles. The standard InChI is InChI=1S/C12H16N2OS2/c15-11-7-13-12(9-1-4-17-8-9)14(11)10-2-5-16-6-3-10/h1,4,8,10,12-13H,2-3,5-7H2. The molecule has 3 heterocycles. The van der Waals surface area contributed by atoms with Crippen molar-refractivity contribution in [2.75, 3.05) is 18.1 Å². The summed E-state index contributed by atoms with van der Waals surface area (Å²) in [6.07, 6.45) is 2.39. The summed E-state index contributed by atoms with van der Waals surface area (Å²) in [5, 5.41) is 7.55. The molecule has 1 N–H and O–H groups in total. The quantitative estimate of drug-likeness (QED) is 0.891. The molecule has 1 aromatic heterocycles. The molecule has 3 rings (SSSR count). The van der Waals surface area contributed by atoms with E-state index >= 15 is 0 Å². The van der Waals surface area contributed by atoms with E-state index in [-0.39, 0.29) is 12.1 Å². The van der Waals surface area contributed by atoms with Gasteiger partial charge in [0.1, 0.15) is 6.17 Å². The van der Waals surface area contributed by atoms with Crippen molar-refractivity contribution in [1.29, 1.82) is 0 Å². The maximum atomic E-state index is 12.0. The van der Waals surface area contributed by atoms with Gasteiger partial charge in [-0.25, -0.2) is 0 Å². The van der Waals surface area contributed by atoms with Crippen LogP contribution in [-0.4, -0.2) is 34.9 Å². The van der Waals surface area contributed by atoms with E-state index in [0.717, 1.165) is 12.8 Å². The van der Waals surface area contributed by atoms with E-state index in [1.165, 1.54) is 17.1 Å². The number of amides is 1. The summed E-state index contributed by atoms with van der Waals surface area (Å²) in [5.41, 5.74) is 1.24. The molecule has 0 spiro atoms. The number of hydrogen-bond acceptors (Lipinski definition) is 4. The molecule has 1 atom stereocenters. The fourth-order valence-corrected chi connectivity index (χ4v) is 4.36. The molecule has 2 aliphatic heterocycles. The zero-order valence-electron chi connectivity index (χ0n) is 9.59. The first-order valence-corrected chi connectivity index (χ1v) is 8.10. The highest BCUT2D eigenvalue weighted by Gasteiger charge is 2.37. The van der Waals surface area contributed by atoms with Crippen molar-refractivity contribution in [3.8, 4) is 0 Å². The number of rotatable bonds is 2. The van der Waals surface area contributed by atoms with Crippen LogP contribution in [-0.2, 0) is 4.79 Å². The molecule has 1 amide bonds. The van der Waals surface area contributed by atoms with Crippen LogP contribution in [0.4, 0.5) is 0 Å². The maximum absolute atomic E-state index is 12.0. The Morgan fingerprint density at radius 1 is 1.35 bits per heavy atom. The number of nitrogens with one attached hydrogen (secondary N) is 1. The maximum Gasteiger partial charge on any atom is 0.238 e. The van der Waals surface area contributed by atoms with Gasteiger partial charge in [-0.1, -0.05) is 0 Å². The third-order valence-corrected chi connectivity index (χ3v) is 5.21. The largest absolute Gasteiger partial charge is 0.319 e. The Hall–Kier alpha value is -0.520. The van der Waals surface area contributed by atoms with Crippen LogP contribution < -0.4 is 5.32 Å². The Balaban J connectivity index is 1.81. The molecule has 0 radical (unpaired) electrons. The second-order valence-corrected chi connectivity index (χ2v) is 6.49. The lowest BCUT2D eigenvalue weighted by Gasteiger charge is -2.34. The summed E-state index contributed by atoms with van der Waals surface area (Å²) in [5.74, 6) is 2.63. The summed E-state index contributed by atoms with van der Waals surface area (Å²) in [6, 6.07) is 2.55. The summed E-state index contributed by atoms with van der Waals surface area (Å²) >= 11 is 3.70. The molecule has 17 heavy (non-hydrogen) atoms. The monoisotopic (exact) mass is 268 g/mol. The predicted molar refractivity (Wildman–Crippen MR) is 72.3 cm³/mol. The highest BCUT2D eigenvalue weighted by Crippen LogP contribution is 2.31. The van der Waals surface area contributed by atoms with Crippen molar-refractivity contribution < 1.29 is 4.79 Å². The first-order valence-electron chi connectivity index (χ1n) is 6.00. The van der Waals surface area contributed by atoms with Gasteiger partial charge in [0.05, 0.1) is 6.54 Å². The number of thiophene rings is 1. The lowest BCUT2D eigenvalue weighted by Crippen LogP contribution is -2.41. The normalized spacial score (nSPS) is 26.7. The van der Waals surface area contributed by atoms with Crippen molar-refractivity contribution in [2.24, 2.45) is 0 Å². The Morgan fingerprint density at radius 3 is 2.88 bits per heavy atom. The van der Waals surface area contributed by atoms with Crippen molar-refractivity contribution in [3.63, 3.8) is 0 Å². The van der Waals surface area contributed by atoms with Gasteiger partial charge in [0.25, 0.3) is 0 Å². The first-order chi connectivity index (χ1) is 8.36. The topological polar surface area (TPSA) is 32.3 Å². The predicted octanol–water partition coefficient (Wildman–Crippen LogP) is 2.07. The van der Waals surface area contributed by atoms with E-state index in [9.17, 15) is 4.79 Å². The van der Waals surface area contributed by atoms with Gasteiger partial charge in [-0.3, -0.25) is 10.1 Å². The van der Waals surface area contributed by atoms with Gasteiger partial charge in [0.15, 0.2) is 0 Å². The molecule has 92 valence electrons. The van der Waals surface area contributed by atoms with Crippen molar-refractivity contribution >= 4 is 29.0 Å². The van der Waals surface area contributed by atoms with Crippen LogP contribution in [0.15, 0.2) is 16.8 Å². The SMILES string of the molecule is O=C1CNC(c2ccsc2)N1C1CCSCC1. The van der Waals surface area contributed by atoms with Crippen LogP contribution in [0.3, 0.4) is 0 Å². The number of nitrogens with zero attached hydrogens (tertiary/aromatic N) is 1. The van der Waals surface area contributed by atoms with Crippen LogP contribution in [0.1, 0.15) is 24.6 Å². The Kier molecular flexibility index (Phi) is 3.40. The summed E-state index contributed by atoms with van der Waals surface area (Å²) in [7, 11) is 0. The molecule has 2 aliphatic rings. The minimum Gasteiger partial charge on any atom is -0.319 e. The van der Waals surface area contributed by atoms with E-state index in [2.05, 4.69) is 27.0 Å². The molecule has 0 bridgehead atoms. The minimum absolute atomic E-state index is 0.113. The van der Waals surface area contributed by atoms with Gasteiger partial charge in [0, 0.05) is 6.04 Å². The van der Waals surface area contributed by atoms with Crippen LogP contribution >= 0.6 is 23.1 Å². The Labute approximate surface area is 110 Å². The van der Waals surface area contributed by atoms with Gasteiger partial charge in [-0.05, 0) is 46.7 Å². The molecule has 0 aromatic carbocycles. The van der Waals surface area contributed by atoms with Crippen LogP contribution in [0.2, 0.25) is 0 Å². The van der Waals surface area contributed by atoms with Crippen LogP contribution in [0.25, 0.3) is 0 Å². The molecule has 2 saturated heterocycles. The van der Waals surface area contributed by atoms with Gasteiger partial charge >= 0.3 is 0 Å². The summed E-state index contributed by atoms with van der Waals surface area (Å²) < 4.78 is 0. The van der Waals surface area contributed by atoms with E-state index < -0.39 is 0 Å². The number of carbonyl (C=O) groups is 1. The molecular formula is C12H16N2OS2. The lowest BCUT2D eigenvalue weighted by atomic mass is 10.1. The molecule has 0 aliphatic carbocycles. The van der Waals surface area contributed by atoms with Gasteiger partial charge in [-0.15, -0.1) is 0 Å². The van der Waals surface area contributed by atoms with Gasteiger partial charge in [0.2, 0.25) is 5.91 Å². The Morgan fingerprint density at radius 2 is 2.18 bits per heavy atom. The molecular weight excluding hydrogens is 252 g/mol. The Bertz CT molecular complexity index is 387. The van der Waals surface area contributed by atoms with E-state index in [1.807, 2.05) is 11.8 Å². The smallest absolute Gasteiger partial charge is 0.238 e.